The standard InChI is InChI=1S/C15H21ClN4O2/c1-9-12(3-4-19(9)2)14(21)18-11-7-20(8-11)15(22)13-5-10(16)6-17-13/h5-6,9,11-12,17H,3-4,7-8H2,1-2H3,(H,18,21)/t9-,12-/m1/s1. The zero-order valence-corrected chi connectivity index (χ0v) is 13.6. The van der Waals surface area contributed by atoms with Crippen LogP contribution >= 0.6 is 11.6 Å². The van der Waals surface area contributed by atoms with E-state index in [-0.39, 0.29) is 29.8 Å². The summed E-state index contributed by atoms with van der Waals surface area (Å²) in [5, 5.41) is 3.58. The monoisotopic (exact) mass is 324 g/mol. The number of hydrogen-bond donors (Lipinski definition) is 2. The van der Waals surface area contributed by atoms with Crippen LogP contribution in [0.1, 0.15) is 23.8 Å². The number of H-pyrrole nitrogens is 1. The molecular formula is C15H21ClN4O2. The summed E-state index contributed by atoms with van der Waals surface area (Å²) >= 11 is 5.80. The topological polar surface area (TPSA) is 68.4 Å². The van der Waals surface area contributed by atoms with Crippen molar-refractivity contribution in [3.63, 3.8) is 0 Å². The largest absolute Gasteiger partial charge is 0.356 e. The third kappa shape index (κ3) is 2.85. The molecule has 2 amide bonds. The first-order chi connectivity index (χ1) is 10.5. The van der Waals surface area contributed by atoms with Gasteiger partial charge in [-0.2, -0.15) is 0 Å². The zero-order chi connectivity index (χ0) is 15.9. The van der Waals surface area contributed by atoms with E-state index >= 15 is 0 Å². The van der Waals surface area contributed by atoms with Gasteiger partial charge in [-0.05, 0) is 33.0 Å². The molecule has 7 heteroatoms. The molecular weight excluding hydrogens is 304 g/mol. The van der Waals surface area contributed by atoms with Crippen LogP contribution in [0.5, 0.6) is 0 Å². The average molecular weight is 325 g/mol. The molecule has 22 heavy (non-hydrogen) atoms. The predicted octanol–water partition coefficient (Wildman–Crippen LogP) is 0.949. The van der Waals surface area contributed by atoms with Crippen LogP contribution in [0.4, 0.5) is 0 Å². The third-order valence-corrected chi connectivity index (χ3v) is 5.02. The van der Waals surface area contributed by atoms with E-state index in [9.17, 15) is 9.59 Å². The van der Waals surface area contributed by atoms with Crippen LogP contribution in [-0.4, -0.2) is 65.4 Å². The van der Waals surface area contributed by atoms with Gasteiger partial charge in [-0.25, -0.2) is 0 Å². The molecule has 2 aliphatic rings. The van der Waals surface area contributed by atoms with Crippen molar-refractivity contribution in [1.82, 2.24) is 20.1 Å². The first kappa shape index (κ1) is 15.4. The highest BCUT2D eigenvalue weighted by Crippen LogP contribution is 2.23. The number of aromatic amines is 1. The van der Waals surface area contributed by atoms with Crippen LogP contribution in [-0.2, 0) is 4.79 Å². The molecule has 2 atom stereocenters. The maximum atomic E-state index is 12.3. The molecule has 0 unspecified atom stereocenters. The van der Waals surface area contributed by atoms with Gasteiger partial charge in [0.05, 0.1) is 17.0 Å². The summed E-state index contributed by atoms with van der Waals surface area (Å²) in [4.78, 5) is 31.2. The van der Waals surface area contributed by atoms with Crippen LogP contribution in [0, 0.1) is 5.92 Å². The number of nitrogens with zero attached hydrogens (tertiary/aromatic N) is 2. The second-order valence-electron chi connectivity index (χ2n) is 6.26. The fourth-order valence-corrected chi connectivity index (χ4v) is 3.31. The van der Waals surface area contributed by atoms with Crippen molar-refractivity contribution < 1.29 is 9.59 Å². The predicted molar refractivity (Wildman–Crippen MR) is 83.8 cm³/mol. The van der Waals surface area contributed by atoms with E-state index in [2.05, 4.69) is 22.1 Å². The number of carbonyl (C=O) groups excluding carboxylic acids is 2. The Morgan fingerprint density at radius 1 is 1.41 bits per heavy atom. The number of nitrogens with one attached hydrogen (secondary N) is 2. The molecule has 0 saturated carbocycles. The second kappa shape index (κ2) is 5.93. The molecule has 1 aromatic heterocycles. The molecule has 2 fully saturated rings. The van der Waals surface area contributed by atoms with E-state index in [1.807, 2.05) is 7.05 Å². The molecule has 2 saturated heterocycles. The molecule has 2 N–H and O–H groups in total. The van der Waals surface area contributed by atoms with Gasteiger partial charge in [0.2, 0.25) is 5.91 Å². The Labute approximate surface area is 134 Å². The Kier molecular flexibility index (Phi) is 4.14. The lowest BCUT2D eigenvalue weighted by molar-refractivity contribution is -0.127. The normalized spacial score (nSPS) is 26.0. The van der Waals surface area contributed by atoms with E-state index in [0.717, 1.165) is 13.0 Å². The number of hydrogen-bond acceptors (Lipinski definition) is 3. The van der Waals surface area contributed by atoms with E-state index in [0.29, 0.717) is 23.8 Å². The molecule has 0 radical (unpaired) electrons. The maximum Gasteiger partial charge on any atom is 0.270 e. The first-order valence-corrected chi connectivity index (χ1v) is 7.97. The number of amides is 2. The van der Waals surface area contributed by atoms with Gasteiger partial charge in [0, 0.05) is 25.3 Å². The summed E-state index contributed by atoms with van der Waals surface area (Å²) in [5.74, 6) is 0.0835. The molecule has 3 rings (SSSR count). The lowest BCUT2D eigenvalue weighted by Crippen LogP contribution is -2.62. The van der Waals surface area contributed by atoms with Crippen LogP contribution in [0.15, 0.2) is 12.3 Å². The summed E-state index contributed by atoms with van der Waals surface area (Å²) in [5.41, 5.74) is 0.487. The Hall–Kier alpha value is -1.53. The average Bonchev–Trinajstić information content (AvgIpc) is 3.00. The van der Waals surface area contributed by atoms with Crippen LogP contribution < -0.4 is 5.32 Å². The molecule has 2 aliphatic heterocycles. The molecule has 1 aromatic rings. The smallest absolute Gasteiger partial charge is 0.270 e. The Bertz CT molecular complexity index is 582. The lowest BCUT2D eigenvalue weighted by atomic mass is 9.99. The summed E-state index contributed by atoms with van der Waals surface area (Å²) in [7, 11) is 2.04. The number of carbonyl (C=O) groups is 2. The highest BCUT2D eigenvalue weighted by molar-refractivity contribution is 6.30. The van der Waals surface area contributed by atoms with Crippen molar-refractivity contribution in [3.05, 3.63) is 23.0 Å². The minimum Gasteiger partial charge on any atom is -0.356 e. The van der Waals surface area contributed by atoms with Gasteiger partial charge in [0.1, 0.15) is 5.69 Å². The van der Waals surface area contributed by atoms with E-state index in [1.54, 1.807) is 17.2 Å². The molecule has 6 nitrogen and oxygen atoms in total. The SMILES string of the molecule is C[C@@H]1[C@H](C(=O)NC2CN(C(=O)c3cc(Cl)c[nH]3)C2)CCN1C. The van der Waals surface area contributed by atoms with Gasteiger partial charge >= 0.3 is 0 Å². The molecule has 3 heterocycles. The summed E-state index contributed by atoms with van der Waals surface area (Å²) in [6, 6.07) is 1.95. The van der Waals surface area contributed by atoms with Crippen molar-refractivity contribution in [2.45, 2.75) is 25.4 Å². The lowest BCUT2D eigenvalue weighted by Gasteiger charge is -2.40. The highest BCUT2D eigenvalue weighted by atomic mass is 35.5. The van der Waals surface area contributed by atoms with Crippen molar-refractivity contribution in [2.75, 3.05) is 26.7 Å². The Balaban J connectivity index is 1.48. The van der Waals surface area contributed by atoms with Crippen molar-refractivity contribution in [2.24, 2.45) is 5.92 Å². The number of halogens is 1. The van der Waals surface area contributed by atoms with Crippen molar-refractivity contribution in [1.29, 1.82) is 0 Å². The molecule has 0 spiro atoms. The van der Waals surface area contributed by atoms with Gasteiger partial charge in [0.15, 0.2) is 0 Å². The zero-order valence-electron chi connectivity index (χ0n) is 12.8. The highest BCUT2D eigenvalue weighted by Gasteiger charge is 2.37. The van der Waals surface area contributed by atoms with Crippen molar-refractivity contribution >= 4 is 23.4 Å². The van der Waals surface area contributed by atoms with Gasteiger partial charge in [-0.1, -0.05) is 11.6 Å². The first-order valence-electron chi connectivity index (χ1n) is 7.59. The van der Waals surface area contributed by atoms with Crippen LogP contribution in [0.2, 0.25) is 5.02 Å². The Morgan fingerprint density at radius 2 is 2.14 bits per heavy atom. The molecule has 0 aromatic carbocycles. The maximum absolute atomic E-state index is 12.3. The fraction of sp³-hybridized carbons (Fsp3) is 0.600. The summed E-state index contributed by atoms with van der Waals surface area (Å²) in [6.07, 6.45) is 2.49. The minimum atomic E-state index is -0.0774. The second-order valence-corrected chi connectivity index (χ2v) is 6.70. The quantitative estimate of drug-likeness (QED) is 0.870. The van der Waals surface area contributed by atoms with E-state index in [4.69, 9.17) is 11.6 Å². The number of rotatable bonds is 3. The third-order valence-electron chi connectivity index (χ3n) is 4.80. The van der Waals surface area contributed by atoms with Gasteiger partial charge in [-0.3, -0.25) is 9.59 Å². The van der Waals surface area contributed by atoms with Gasteiger partial charge in [-0.15, -0.1) is 0 Å². The number of likely N-dealkylation sites (tertiary alicyclic amines) is 2. The van der Waals surface area contributed by atoms with Gasteiger partial charge < -0.3 is 20.1 Å². The summed E-state index contributed by atoms with van der Waals surface area (Å²) in [6.45, 7) is 4.15. The molecule has 0 aliphatic carbocycles. The van der Waals surface area contributed by atoms with E-state index in [1.165, 1.54) is 0 Å². The number of aromatic nitrogens is 1. The minimum absolute atomic E-state index is 0.0527. The van der Waals surface area contributed by atoms with Crippen molar-refractivity contribution in [3.8, 4) is 0 Å². The van der Waals surface area contributed by atoms with Gasteiger partial charge in [0.25, 0.3) is 5.91 Å². The van der Waals surface area contributed by atoms with Crippen LogP contribution in [0.3, 0.4) is 0 Å². The van der Waals surface area contributed by atoms with E-state index < -0.39 is 0 Å². The summed E-state index contributed by atoms with van der Waals surface area (Å²) < 4.78 is 0. The van der Waals surface area contributed by atoms with Crippen LogP contribution in [0.25, 0.3) is 0 Å². The molecule has 0 bridgehead atoms. The fourth-order valence-electron chi connectivity index (χ4n) is 3.15. The Morgan fingerprint density at radius 3 is 2.68 bits per heavy atom. The molecule has 120 valence electrons.